The summed E-state index contributed by atoms with van der Waals surface area (Å²) >= 11 is 0. The van der Waals surface area contributed by atoms with Crippen LogP contribution in [0, 0.1) is 0 Å². The van der Waals surface area contributed by atoms with Gasteiger partial charge in [-0.25, -0.2) is 0 Å². The second-order valence-electron chi connectivity index (χ2n) is 16.8. The highest BCUT2D eigenvalue weighted by Crippen LogP contribution is 2.24. The van der Waals surface area contributed by atoms with Crippen LogP contribution in [0.1, 0.15) is 193 Å². The van der Waals surface area contributed by atoms with E-state index in [2.05, 4.69) is 74.5 Å². The fourth-order valence-electron chi connectivity index (χ4n) is 8.33. The fourth-order valence-corrected chi connectivity index (χ4v) is 8.33. The van der Waals surface area contributed by atoms with Crippen LogP contribution in [-0.4, -0.2) is 0 Å². The van der Waals surface area contributed by atoms with Crippen molar-refractivity contribution in [2.24, 2.45) is 0 Å². The number of unbranched alkanes of at least 4 members (excludes halogenated alkanes) is 18. The lowest BCUT2D eigenvalue weighted by atomic mass is 9.92. The Morgan fingerprint density at radius 1 is 0.291 bits per heavy atom. The van der Waals surface area contributed by atoms with Crippen LogP contribution in [0.25, 0.3) is 0 Å². The smallest absolute Gasteiger partial charge is 0.0314 e. The first kappa shape index (κ1) is 44.2. The maximum Gasteiger partial charge on any atom is 0.0314 e. The van der Waals surface area contributed by atoms with E-state index < -0.39 is 0 Å². The average molecular weight is 743 g/mol. The van der Waals surface area contributed by atoms with Crippen LogP contribution in [0.2, 0.25) is 0 Å². The third-order valence-electron chi connectivity index (χ3n) is 11.8. The molecule has 4 N–H and O–H groups in total. The predicted molar refractivity (Wildman–Crippen MR) is 243 cm³/mol. The summed E-state index contributed by atoms with van der Waals surface area (Å²) in [6.45, 7) is 4.61. The first-order chi connectivity index (χ1) is 27.0. The van der Waals surface area contributed by atoms with Crippen LogP contribution in [0.5, 0.6) is 0 Å². The van der Waals surface area contributed by atoms with Gasteiger partial charge >= 0.3 is 0 Å². The zero-order valence-corrected chi connectivity index (χ0v) is 35.3. The summed E-state index contributed by atoms with van der Waals surface area (Å²) in [5, 5.41) is 0. The summed E-state index contributed by atoms with van der Waals surface area (Å²) in [7, 11) is 0. The first-order valence-corrected chi connectivity index (χ1v) is 22.9. The Kier molecular flexibility index (Phi) is 21.8. The summed E-state index contributed by atoms with van der Waals surface area (Å²) < 4.78 is 0. The Bertz CT molecular complexity index is 1450. The van der Waals surface area contributed by atoms with E-state index in [1.807, 2.05) is 24.3 Å². The molecule has 55 heavy (non-hydrogen) atoms. The van der Waals surface area contributed by atoms with Gasteiger partial charge in [0, 0.05) is 11.4 Å². The van der Waals surface area contributed by atoms with Crippen LogP contribution in [0.15, 0.2) is 84.9 Å². The summed E-state index contributed by atoms with van der Waals surface area (Å²) in [5.41, 5.74) is 25.5. The van der Waals surface area contributed by atoms with Crippen molar-refractivity contribution < 1.29 is 0 Å². The van der Waals surface area contributed by atoms with Gasteiger partial charge in [0.2, 0.25) is 0 Å². The number of hydrogen-bond acceptors (Lipinski definition) is 2. The Labute approximate surface area is 338 Å². The van der Waals surface area contributed by atoms with E-state index in [1.165, 1.54) is 183 Å². The third-order valence-corrected chi connectivity index (χ3v) is 11.8. The summed E-state index contributed by atoms with van der Waals surface area (Å²) in [4.78, 5) is 0. The standard InChI is InChI=1S/C53H78N2/c1-3-5-7-16-22-26-50-42-46(40-44-30-36-52(54)37-31-44)28-34-48(50)24-20-18-14-12-10-9-11-13-15-19-21-25-49-35-29-47(41-45-32-38-53(55)39-33-45)43-51(49)27-23-17-8-6-4-2/h28-39,42-43H,3-27,40-41,54-55H2,1-2H3. The van der Waals surface area contributed by atoms with E-state index in [9.17, 15) is 0 Å². The Morgan fingerprint density at radius 2 is 0.564 bits per heavy atom. The maximum absolute atomic E-state index is 5.93. The predicted octanol–water partition coefficient (Wildman–Crippen LogP) is 15.1. The molecule has 2 nitrogen and oxygen atoms in total. The molecule has 0 aliphatic carbocycles. The van der Waals surface area contributed by atoms with Crippen molar-refractivity contribution in [3.05, 3.63) is 129 Å². The minimum Gasteiger partial charge on any atom is -0.399 e. The number of hydrogen-bond donors (Lipinski definition) is 2. The van der Waals surface area contributed by atoms with Gasteiger partial charge in [-0.3, -0.25) is 0 Å². The molecule has 300 valence electrons. The topological polar surface area (TPSA) is 52.0 Å². The number of anilines is 2. The highest BCUT2D eigenvalue weighted by Gasteiger charge is 2.08. The van der Waals surface area contributed by atoms with Crippen molar-refractivity contribution in [1.29, 1.82) is 0 Å². The van der Waals surface area contributed by atoms with E-state index >= 15 is 0 Å². The molecule has 0 fully saturated rings. The van der Waals surface area contributed by atoms with E-state index in [-0.39, 0.29) is 0 Å². The van der Waals surface area contributed by atoms with Gasteiger partial charge in [0.25, 0.3) is 0 Å². The molecule has 0 unspecified atom stereocenters. The van der Waals surface area contributed by atoms with Gasteiger partial charge in [0.1, 0.15) is 0 Å². The molecule has 0 atom stereocenters. The summed E-state index contributed by atoms with van der Waals surface area (Å²) in [6.07, 6.45) is 35.6. The lowest BCUT2D eigenvalue weighted by molar-refractivity contribution is 0.544. The number of aryl methyl sites for hydroxylation is 4. The SMILES string of the molecule is CCCCCCCc1cc(Cc2ccc(N)cc2)ccc1CCCCCCCCCCCCCc1ccc(Cc2ccc(N)cc2)cc1CCCCCCC. The van der Waals surface area contributed by atoms with Crippen LogP contribution in [-0.2, 0) is 38.5 Å². The minimum absolute atomic E-state index is 0.843. The monoisotopic (exact) mass is 743 g/mol. The number of benzene rings is 4. The quantitative estimate of drug-likeness (QED) is 0.0413. The van der Waals surface area contributed by atoms with Gasteiger partial charge in [-0.05, 0) is 133 Å². The second-order valence-corrected chi connectivity index (χ2v) is 16.8. The van der Waals surface area contributed by atoms with Crippen LogP contribution >= 0.6 is 0 Å². The Balaban J connectivity index is 1.09. The number of nitrogen functional groups attached to an aromatic ring is 2. The van der Waals surface area contributed by atoms with Crippen molar-refractivity contribution in [3.8, 4) is 0 Å². The molecule has 0 aliphatic heterocycles. The molecule has 4 aromatic carbocycles. The molecule has 0 saturated carbocycles. The molecule has 0 aromatic heterocycles. The van der Waals surface area contributed by atoms with Gasteiger partial charge < -0.3 is 11.5 Å². The van der Waals surface area contributed by atoms with Crippen molar-refractivity contribution in [2.75, 3.05) is 11.5 Å². The lowest BCUT2D eigenvalue weighted by Crippen LogP contribution is -1.99. The highest BCUT2D eigenvalue weighted by atomic mass is 14.5. The molecular formula is C53H78N2. The van der Waals surface area contributed by atoms with E-state index in [0.717, 1.165) is 24.2 Å². The van der Waals surface area contributed by atoms with Gasteiger partial charge in [-0.1, -0.05) is 184 Å². The normalized spacial score (nSPS) is 11.4. The molecule has 0 radical (unpaired) electrons. The first-order valence-electron chi connectivity index (χ1n) is 22.9. The van der Waals surface area contributed by atoms with Gasteiger partial charge in [0.05, 0.1) is 0 Å². The molecule has 0 saturated heterocycles. The second kappa shape index (κ2) is 27.1. The molecule has 2 heteroatoms. The maximum atomic E-state index is 5.93. The van der Waals surface area contributed by atoms with E-state index in [4.69, 9.17) is 11.5 Å². The number of nitrogens with two attached hydrogens (primary N) is 2. The van der Waals surface area contributed by atoms with Gasteiger partial charge in [-0.2, -0.15) is 0 Å². The molecule has 0 spiro atoms. The molecule has 0 heterocycles. The molecule has 0 amide bonds. The molecule has 0 aliphatic rings. The minimum atomic E-state index is 0.843. The zero-order chi connectivity index (χ0) is 38.8. The highest BCUT2D eigenvalue weighted by molar-refractivity contribution is 5.43. The third kappa shape index (κ3) is 18.3. The largest absolute Gasteiger partial charge is 0.399 e. The molecule has 4 aromatic rings. The zero-order valence-electron chi connectivity index (χ0n) is 35.3. The van der Waals surface area contributed by atoms with Crippen LogP contribution in [0.3, 0.4) is 0 Å². The van der Waals surface area contributed by atoms with Gasteiger partial charge in [0.15, 0.2) is 0 Å². The average Bonchev–Trinajstić information content (AvgIpc) is 3.19. The summed E-state index contributed by atoms with van der Waals surface area (Å²) in [6, 6.07) is 31.5. The van der Waals surface area contributed by atoms with Crippen molar-refractivity contribution in [2.45, 2.75) is 187 Å². The van der Waals surface area contributed by atoms with Crippen LogP contribution in [0.4, 0.5) is 11.4 Å². The molecule has 4 rings (SSSR count). The van der Waals surface area contributed by atoms with E-state index in [1.54, 1.807) is 22.3 Å². The van der Waals surface area contributed by atoms with Gasteiger partial charge in [-0.15, -0.1) is 0 Å². The van der Waals surface area contributed by atoms with Crippen LogP contribution < -0.4 is 11.5 Å². The molecule has 0 bridgehead atoms. The lowest BCUT2D eigenvalue weighted by Gasteiger charge is -2.13. The summed E-state index contributed by atoms with van der Waals surface area (Å²) in [5.74, 6) is 0. The van der Waals surface area contributed by atoms with E-state index in [0.29, 0.717) is 0 Å². The molecular weight excluding hydrogens is 665 g/mol. The Morgan fingerprint density at radius 3 is 0.891 bits per heavy atom. The number of rotatable bonds is 30. The van der Waals surface area contributed by atoms with Crippen molar-refractivity contribution in [1.82, 2.24) is 0 Å². The fraction of sp³-hybridized carbons (Fsp3) is 0.547. The Hall–Kier alpha value is -3.52. The van der Waals surface area contributed by atoms with Crippen molar-refractivity contribution >= 4 is 11.4 Å². The van der Waals surface area contributed by atoms with Crippen molar-refractivity contribution in [3.63, 3.8) is 0 Å².